The Morgan fingerprint density at radius 1 is 1.08 bits per heavy atom. The van der Waals surface area contributed by atoms with Crippen molar-refractivity contribution in [3.05, 3.63) is 0 Å². The Kier molecular flexibility index (Phi) is 10.1. The summed E-state index contributed by atoms with van der Waals surface area (Å²) in [7, 11) is 0. The van der Waals surface area contributed by atoms with Crippen LogP contribution < -0.4 is 33.2 Å². The Morgan fingerprint density at radius 3 is 2.17 bits per heavy atom. The average Bonchev–Trinajstić information content (AvgIpc) is 2.48. The van der Waals surface area contributed by atoms with Crippen molar-refractivity contribution in [3.63, 3.8) is 0 Å². The van der Waals surface area contributed by atoms with E-state index in [4.69, 9.17) is 22.6 Å². The summed E-state index contributed by atoms with van der Waals surface area (Å²) in [6.07, 6.45) is 1.18. The molecule has 0 aliphatic carbocycles. The molecule has 0 bridgehead atoms. The van der Waals surface area contributed by atoms with Gasteiger partial charge in [0.2, 0.25) is 17.7 Å². The van der Waals surface area contributed by atoms with Crippen LogP contribution in [0.4, 0.5) is 0 Å². The molecule has 0 rings (SSSR count). The van der Waals surface area contributed by atoms with Gasteiger partial charge in [0.1, 0.15) is 12.1 Å². The van der Waals surface area contributed by atoms with Gasteiger partial charge in [-0.25, -0.2) is 0 Å². The molecule has 0 heterocycles. The molecular weight excluding hydrogens is 314 g/mol. The fraction of sp³-hybridized carbons (Fsp3) is 0.714. The van der Waals surface area contributed by atoms with Gasteiger partial charge in [0.25, 0.3) is 0 Å². The van der Waals surface area contributed by atoms with Crippen LogP contribution in [0.5, 0.6) is 0 Å². The zero-order valence-electron chi connectivity index (χ0n) is 14.2. The van der Waals surface area contributed by atoms with Crippen molar-refractivity contribution in [1.82, 2.24) is 16.0 Å². The number of primary amides is 1. The Hall–Kier alpha value is -2.36. The van der Waals surface area contributed by atoms with Crippen molar-refractivity contribution >= 4 is 23.7 Å². The molecule has 0 aromatic carbocycles. The van der Waals surface area contributed by atoms with Crippen LogP contribution in [0.2, 0.25) is 0 Å². The Morgan fingerprint density at radius 2 is 1.71 bits per heavy atom. The Labute approximate surface area is 141 Å². The number of rotatable bonds is 11. The van der Waals surface area contributed by atoms with Gasteiger partial charge in [0.05, 0.1) is 6.54 Å². The van der Waals surface area contributed by atoms with Gasteiger partial charge in [-0.05, 0) is 25.2 Å². The molecule has 0 aliphatic rings. The van der Waals surface area contributed by atoms with Crippen molar-refractivity contribution in [3.8, 4) is 0 Å². The summed E-state index contributed by atoms with van der Waals surface area (Å²) in [5, 5.41) is 14.8. The first kappa shape index (κ1) is 21.6. The molecular formula is C14H29N7O3. The number of guanidine groups is 1. The fourth-order valence-corrected chi connectivity index (χ4v) is 2.04. The van der Waals surface area contributed by atoms with E-state index >= 15 is 0 Å². The molecule has 10 heteroatoms. The van der Waals surface area contributed by atoms with Crippen molar-refractivity contribution in [2.45, 2.75) is 45.2 Å². The third-order valence-electron chi connectivity index (χ3n) is 3.19. The van der Waals surface area contributed by atoms with Gasteiger partial charge in [-0.3, -0.25) is 19.8 Å². The minimum absolute atomic E-state index is 0.166. The zero-order chi connectivity index (χ0) is 18.7. The first-order valence-electron chi connectivity index (χ1n) is 7.84. The summed E-state index contributed by atoms with van der Waals surface area (Å²) >= 11 is 0. The van der Waals surface area contributed by atoms with Gasteiger partial charge in [-0.2, -0.15) is 0 Å². The van der Waals surface area contributed by atoms with Gasteiger partial charge >= 0.3 is 0 Å². The van der Waals surface area contributed by atoms with E-state index in [9.17, 15) is 14.4 Å². The van der Waals surface area contributed by atoms with E-state index in [-0.39, 0.29) is 18.4 Å². The van der Waals surface area contributed by atoms with E-state index < -0.39 is 29.8 Å². The summed E-state index contributed by atoms with van der Waals surface area (Å²) in [5.41, 5.74) is 15.7. The van der Waals surface area contributed by atoms with E-state index in [0.717, 1.165) is 0 Å². The first-order valence-corrected chi connectivity index (χ1v) is 7.84. The van der Waals surface area contributed by atoms with Crippen LogP contribution in [-0.2, 0) is 14.4 Å². The maximum Gasteiger partial charge on any atom is 0.243 e. The predicted octanol–water partition coefficient (Wildman–Crippen LogP) is -2.29. The van der Waals surface area contributed by atoms with E-state index in [1.54, 1.807) is 0 Å². The molecule has 0 spiro atoms. The quantitative estimate of drug-likeness (QED) is 0.125. The molecule has 0 aromatic heterocycles. The van der Waals surface area contributed by atoms with Crippen molar-refractivity contribution < 1.29 is 14.4 Å². The standard InChI is InChI=1S/C14H29N7O3/c1-8(2)6-10(12(16)23)21-13(24)9(20-11(22)7-15)4-3-5-19-14(17)18/h8-10H,3-7,15H2,1-2H3,(H2,16,23)(H,20,22)(H,21,24)(H4,17,18,19)/t9-,10-/m0/s1. The van der Waals surface area contributed by atoms with Crippen molar-refractivity contribution in [2.75, 3.05) is 13.1 Å². The third kappa shape index (κ3) is 9.62. The second-order valence-electron chi connectivity index (χ2n) is 5.90. The van der Waals surface area contributed by atoms with E-state index in [1.807, 2.05) is 13.8 Å². The normalized spacial score (nSPS) is 13.0. The van der Waals surface area contributed by atoms with Crippen molar-refractivity contribution in [2.24, 2.45) is 23.1 Å². The van der Waals surface area contributed by atoms with E-state index in [2.05, 4.69) is 16.0 Å². The topological polar surface area (TPSA) is 189 Å². The number of amides is 3. The summed E-state index contributed by atoms with van der Waals surface area (Å²) in [4.78, 5) is 35.3. The molecule has 0 radical (unpaired) electrons. The molecule has 0 unspecified atom stereocenters. The maximum atomic E-state index is 12.4. The van der Waals surface area contributed by atoms with Crippen molar-refractivity contribution in [1.29, 1.82) is 5.41 Å². The molecule has 0 fully saturated rings. The van der Waals surface area contributed by atoms with Crippen LogP contribution in [0.25, 0.3) is 0 Å². The minimum atomic E-state index is -0.844. The smallest absolute Gasteiger partial charge is 0.243 e. The largest absolute Gasteiger partial charge is 0.370 e. The molecule has 0 aromatic rings. The second-order valence-corrected chi connectivity index (χ2v) is 5.90. The molecule has 3 amide bonds. The fourth-order valence-electron chi connectivity index (χ4n) is 2.04. The van der Waals surface area contributed by atoms with Crippen LogP contribution in [0.15, 0.2) is 0 Å². The van der Waals surface area contributed by atoms with Gasteiger partial charge in [0, 0.05) is 6.54 Å². The Bertz CT molecular complexity index is 454. The van der Waals surface area contributed by atoms with Crippen LogP contribution in [-0.4, -0.2) is 48.9 Å². The molecule has 0 saturated heterocycles. The summed E-state index contributed by atoms with van der Waals surface area (Å²) < 4.78 is 0. The maximum absolute atomic E-state index is 12.4. The van der Waals surface area contributed by atoms with Gasteiger partial charge < -0.3 is 33.2 Å². The van der Waals surface area contributed by atoms with Gasteiger partial charge in [-0.1, -0.05) is 13.8 Å². The van der Waals surface area contributed by atoms with Crippen LogP contribution >= 0.6 is 0 Å². The van der Waals surface area contributed by atoms with Crippen LogP contribution in [0.1, 0.15) is 33.1 Å². The van der Waals surface area contributed by atoms with Crippen LogP contribution in [0.3, 0.4) is 0 Å². The van der Waals surface area contributed by atoms with Crippen LogP contribution in [0, 0.1) is 11.3 Å². The number of nitrogens with one attached hydrogen (secondary N) is 4. The van der Waals surface area contributed by atoms with Gasteiger partial charge in [0.15, 0.2) is 5.96 Å². The predicted molar refractivity (Wildman–Crippen MR) is 90.7 cm³/mol. The highest BCUT2D eigenvalue weighted by Gasteiger charge is 2.25. The van der Waals surface area contributed by atoms with Gasteiger partial charge in [-0.15, -0.1) is 0 Å². The highest BCUT2D eigenvalue weighted by atomic mass is 16.2. The third-order valence-corrected chi connectivity index (χ3v) is 3.19. The zero-order valence-corrected chi connectivity index (χ0v) is 14.2. The molecule has 0 aliphatic heterocycles. The minimum Gasteiger partial charge on any atom is -0.370 e. The number of hydrogen-bond acceptors (Lipinski definition) is 5. The molecule has 10 nitrogen and oxygen atoms in total. The molecule has 0 saturated carbocycles. The lowest BCUT2D eigenvalue weighted by Crippen LogP contribution is -2.54. The lowest BCUT2D eigenvalue weighted by atomic mass is 10.0. The summed E-state index contributed by atoms with van der Waals surface area (Å²) in [6, 6.07) is -1.64. The summed E-state index contributed by atoms with van der Waals surface area (Å²) in [6.45, 7) is 3.94. The monoisotopic (exact) mass is 343 g/mol. The Balaban J connectivity index is 4.77. The number of carbonyl (C=O) groups excluding carboxylic acids is 3. The second kappa shape index (κ2) is 11.2. The summed E-state index contributed by atoms with van der Waals surface area (Å²) in [5.74, 6) is -1.61. The number of hydrogen-bond donors (Lipinski definition) is 7. The number of nitrogens with two attached hydrogens (primary N) is 3. The molecule has 138 valence electrons. The van der Waals surface area contributed by atoms with E-state index in [0.29, 0.717) is 25.8 Å². The number of carbonyl (C=O) groups is 3. The molecule has 24 heavy (non-hydrogen) atoms. The molecule has 10 N–H and O–H groups in total. The SMILES string of the molecule is CC(C)C[C@H](NC(=O)[C@H](CCCNC(=N)N)NC(=O)CN)C(N)=O. The van der Waals surface area contributed by atoms with E-state index in [1.165, 1.54) is 0 Å². The lowest BCUT2D eigenvalue weighted by Gasteiger charge is -2.22. The highest BCUT2D eigenvalue weighted by molar-refractivity contribution is 5.91. The molecule has 2 atom stereocenters. The average molecular weight is 343 g/mol. The first-order chi connectivity index (χ1) is 11.2. The lowest BCUT2D eigenvalue weighted by molar-refractivity contribution is -0.131. The highest BCUT2D eigenvalue weighted by Crippen LogP contribution is 2.06.